The summed E-state index contributed by atoms with van der Waals surface area (Å²) in [5, 5.41) is 0. The molecule has 1 N–H and O–H groups in total. The summed E-state index contributed by atoms with van der Waals surface area (Å²) in [5.74, 6) is -0.801. The minimum absolute atomic E-state index is 0.145. The Morgan fingerprint density at radius 1 is 0.778 bits per heavy atom. The lowest BCUT2D eigenvalue weighted by Crippen LogP contribution is -2.49. The van der Waals surface area contributed by atoms with Crippen molar-refractivity contribution >= 4 is 21.6 Å². The van der Waals surface area contributed by atoms with Crippen LogP contribution in [0.25, 0.3) is 0 Å². The third-order valence-electron chi connectivity index (χ3n) is 8.50. The highest BCUT2D eigenvalue weighted by molar-refractivity contribution is 7.92. The van der Waals surface area contributed by atoms with Crippen LogP contribution in [-0.2, 0) is 15.4 Å². The van der Waals surface area contributed by atoms with Gasteiger partial charge in [0, 0.05) is 37.4 Å². The number of nitrogens with one attached hydrogen (secondary N) is 1. The molecule has 9 heteroatoms. The monoisotopic (exact) mass is 631 g/mol. The van der Waals surface area contributed by atoms with E-state index in [0.717, 1.165) is 22.3 Å². The van der Waals surface area contributed by atoms with Crippen molar-refractivity contribution in [1.29, 1.82) is 0 Å². The van der Waals surface area contributed by atoms with Crippen molar-refractivity contribution in [3.8, 4) is 0 Å². The van der Waals surface area contributed by atoms with Crippen LogP contribution in [0.1, 0.15) is 65.0 Å². The van der Waals surface area contributed by atoms with Gasteiger partial charge in [0.15, 0.2) is 0 Å². The van der Waals surface area contributed by atoms with E-state index in [-0.39, 0.29) is 33.9 Å². The summed E-state index contributed by atoms with van der Waals surface area (Å²) in [4.78, 5) is 17.6. The third-order valence-corrected chi connectivity index (χ3v) is 10.0. The summed E-state index contributed by atoms with van der Waals surface area (Å²) in [6.07, 6.45) is 0. The lowest BCUT2D eigenvalue weighted by Gasteiger charge is -2.39. The molecule has 0 saturated carbocycles. The van der Waals surface area contributed by atoms with Crippen LogP contribution in [0.5, 0.6) is 0 Å². The van der Waals surface area contributed by atoms with Crippen molar-refractivity contribution in [2.45, 2.75) is 51.0 Å². The van der Waals surface area contributed by atoms with Crippen LogP contribution in [-0.4, -0.2) is 50.3 Å². The zero-order chi connectivity index (χ0) is 32.5. The van der Waals surface area contributed by atoms with E-state index in [2.05, 4.69) is 9.62 Å². The smallest absolute Gasteiger partial charge is 0.262 e. The standard InChI is InChI=1S/C36H39F2N3O3S/c1-24-22-29(36(3,4)5)23-33(25(24)2)45(43,44)39-32-16-10-28(11-17-32)35(42)41-20-18-40(19-21-41)34(26-6-12-30(37)13-7-26)27-8-14-31(38)15-9-27/h6-17,22-23,34,39H,18-21H2,1-5H3. The number of aryl methyl sites for hydroxylation is 1. The molecule has 5 rings (SSSR count). The summed E-state index contributed by atoms with van der Waals surface area (Å²) < 4.78 is 56.9. The quantitative estimate of drug-likeness (QED) is 0.234. The molecule has 0 atom stereocenters. The van der Waals surface area contributed by atoms with Gasteiger partial charge in [-0.2, -0.15) is 0 Å². The van der Waals surface area contributed by atoms with Gasteiger partial charge < -0.3 is 4.90 Å². The maximum atomic E-state index is 13.7. The Bertz CT molecular complexity index is 1730. The number of amides is 1. The highest BCUT2D eigenvalue weighted by Gasteiger charge is 2.29. The molecule has 236 valence electrons. The van der Waals surface area contributed by atoms with Gasteiger partial charge in [0.1, 0.15) is 11.6 Å². The second-order valence-electron chi connectivity index (χ2n) is 12.7. The second-order valence-corrected chi connectivity index (χ2v) is 14.3. The van der Waals surface area contributed by atoms with E-state index < -0.39 is 10.0 Å². The van der Waals surface area contributed by atoms with Crippen LogP contribution in [0.4, 0.5) is 14.5 Å². The van der Waals surface area contributed by atoms with Gasteiger partial charge in [-0.05, 0) is 102 Å². The Balaban J connectivity index is 1.27. The molecule has 1 amide bonds. The molecule has 0 unspecified atom stereocenters. The molecular weight excluding hydrogens is 592 g/mol. The average molecular weight is 632 g/mol. The fraction of sp³-hybridized carbons (Fsp3) is 0.306. The Labute approximate surface area is 264 Å². The minimum Gasteiger partial charge on any atom is -0.336 e. The molecule has 45 heavy (non-hydrogen) atoms. The van der Waals surface area contributed by atoms with Gasteiger partial charge in [-0.15, -0.1) is 0 Å². The fourth-order valence-corrected chi connectivity index (χ4v) is 7.10. The van der Waals surface area contributed by atoms with E-state index in [1.165, 1.54) is 24.3 Å². The molecule has 4 aromatic carbocycles. The van der Waals surface area contributed by atoms with E-state index in [4.69, 9.17) is 0 Å². The normalized spacial score (nSPS) is 14.5. The molecule has 0 aliphatic carbocycles. The van der Waals surface area contributed by atoms with Crippen LogP contribution in [0.15, 0.2) is 89.8 Å². The number of nitrogens with zero attached hydrogens (tertiary/aromatic N) is 2. The van der Waals surface area contributed by atoms with E-state index in [0.29, 0.717) is 43.0 Å². The zero-order valence-corrected chi connectivity index (χ0v) is 27.1. The SMILES string of the molecule is Cc1cc(C(C)(C)C)cc(S(=O)(=O)Nc2ccc(C(=O)N3CCN(C(c4ccc(F)cc4)c4ccc(F)cc4)CC3)cc2)c1C. The van der Waals surface area contributed by atoms with Gasteiger partial charge in [0.05, 0.1) is 10.9 Å². The summed E-state index contributed by atoms with van der Waals surface area (Å²) in [6.45, 7) is 11.9. The van der Waals surface area contributed by atoms with E-state index in [1.54, 1.807) is 66.4 Å². The topological polar surface area (TPSA) is 69.7 Å². The molecule has 0 bridgehead atoms. The molecule has 4 aromatic rings. The summed E-state index contributed by atoms with van der Waals surface area (Å²) in [6, 6.07) is 22.6. The molecule has 6 nitrogen and oxygen atoms in total. The van der Waals surface area contributed by atoms with Gasteiger partial charge in [-0.25, -0.2) is 17.2 Å². The van der Waals surface area contributed by atoms with Crippen molar-refractivity contribution in [2.75, 3.05) is 30.9 Å². The highest BCUT2D eigenvalue weighted by Crippen LogP contribution is 2.32. The minimum atomic E-state index is -3.86. The maximum absolute atomic E-state index is 13.7. The van der Waals surface area contributed by atoms with Crippen molar-refractivity contribution < 1.29 is 22.0 Å². The number of anilines is 1. The molecular formula is C36H39F2N3O3S. The predicted molar refractivity (Wildman–Crippen MR) is 174 cm³/mol. The first kappa shape index (κ1) is 32.3. The molecule has 0 aromatic heterocycles. The average Bonchev–Trinajstić information content (AvgIpc) is 3.00. The molecule has 1 heterocycles. The first-order chi connectivity index (χ1) is 21.2. The Hall–Kier alpha value is -4.08. The number of hydrogen-bond acceptors (Lipinski definition) is 4. The zero-order valence-electron chi connectivity index (χ0n) is 26.3. The lowest BCUT2D eigenvalue weighted by molar-refractivity contribution is 0.0597. The number of sulfonamides is 1. The molecule has 1 fully saturated rings. The number of benzene rings is 4. The van der Waals surface area contributed by atoms with Crippen LogP contribution in [0.3, 0.4) is 0 Å². The number of halogens is 2. The van der Waals surface area contributed by atoms with Crippen molar-refractivity contribution in [2.24, 2.45) is 0 Å². The fourth-order valence-electron chi connectivity index (χ4n) is 5.70. The van der Waals surface area contributed by atoms with Gasteiger partial charge in [0.2, 0.25) is 0 Å². The molecule has 1 saturated heterocycles. The first-order valence-electron chi connectivity index (χ1n) is 15.0. The number of rotatable bonds is 7. The molecule has 0 spiro atoms. The van der Waals surface area contributed by atoms with Crippen molar-refractivity contribution in [3.05, 3.63) is 130 Å². The third kappa shape index (κ3) is 7.26. The molecule has 1 aliphatic heterocycles. The highest BCUT2D eigenvalue weighted by atomic mass is 32.2. The van der Waals surface area contributed by atoms with Crippen LogP contribution < -0.4 is 4.72 Å². The number of carbonyl (C=O) groups is 1. The largest absolute Gasteiger partial charge is 0.336 e. The predicted octanol–water partition coefficient (Wildman–Crippen LogP) is 7.23. The summed E-state index contributed by atoms with van der Waals surface area (Å²) in [7, 11) is -3.86. The van der Waals surface area contributed by atoms with E-state index >= 15 is 0 Å². The van der Waals surface area contributed by atoms with Gasteiger partial charge in [-0.3, -0.25) is 14.4 Å². The maximum Gasteiger partial charge on any atom is 0.262 e. The van der Waals surface area contributed by atoms with Gasteiger partial charge in [-0.1, -0.05) is 51.1 Å². The second kappa shape index (κ2) is 12.7. The Morgan fingerprint density at radius 3 is 1.78 bits per heavy atom. The Kier molecular flexibility index (Phi) is 9.14. The Morgan fingerprint density at radius 2 is 1.29 bits per heavy atom. The molecule has 0 radical (unpaired) electrons. The van der Waals surface area contributed by atoms with E-state index in [9.17, 15) is 22.0 Å². The van der Waals surface area contributed by atoms with Gasteiger partial charge >= 0.3 is 0 Å². The van der Waals surface area contributed by atoms with Crippen molar-refractivity contribution in [1.82, 2.24) is 9.80 Å². The number of piperazine rings is 1. The van der Waals surface area contributed by atoms with Gasteiger partial charge in [0.25, 0.3) is 15.9 Å². The number of hydrogen-bond donors (Lipinski definition) is 1. The number of carbonyl (C=O) groups excluding carboxylic acids is 1. The molecule has 1 aliphatic rings. The van der Waals surface area contributed by atoms with Crippen molar-refractivity contribution in [3.63, 3.8) is 0 Å². The lowest BCUT2D eigenvalue weighted by atomic mass is 9.85. The van der Waals surface area contributed by atoms with Crippen LogP contribution >= 0.6 is 0 Å². The van der Waals surface area contributed by atoms with Crippen LogP contribution in [0, 0.1) is 25.5 Å². The summed E-state index contributed by atoms with van der Waals surface area (Å²) in [5.41, 5.74) is 4.94. The summed E-state index contributed by atoms with van der Waals surface area (Å²) >= 11 is 0. The van der Waals surface area contributed by atoms with Crippen LogP contribution in [0.2, 0.25) is 0 Å². The van der Waals surface area contributed by atoms with E-state index in [1.807, 2.05) is 33.8 Å². The first-order valence-corrected chi connectivity index (χ1v) is 16.5.